The van der Waals surface area contributed by atoms with Crippen LogP contribution in [-0.4, -0.2) is 44.2 Å². The molecule has 0 saturated heterocycles. The van der Waals surface area contributed by atoms with Gasteiger partial charge < -0.3 is 9.84 Å². The minimum Gasteiger partial charge on any atom is -0.478 e. The molecule has 21 heavy (non-hydrogen) atoms. The van der Waals surface area contributed by atoms with E-state index in [0.29, 0.717) is 6.54 Å². The Labute approximate surface area is 122 Å². The molecule has 1 aliphatic rings. The van der Waals surface area contributed by atoms with E-state index in [-0.39, 0.29) is 36.2 Å². The fourth-order valence-corrected chi connectivity index (χ4v) is 3.20. The van der Waals surface area contributed by atoms with Crippen LogP contribution in [0, 0.1) is 5.92 Å². The molecule has 0 aromatic carbocycles. The van der Waals surface area contributed by atoms with Crippen LogP contribution < -0.4 is 13.8 Å². The van der Waals surface area contributed by atoms with E-state index in [1.165, 1.54) is 6.07 Å². The van der Waals surface area contributed by atoms with Crippen molar-refractivity contribution in [1.82, 2.24) is 9.71 Å². The first kappa shape index (κ1) is 15.5. The first-order valence-corrected chi connectivity index (χ1v) is 7.88. The van der Waals surface area contributed by atoms with Gasteiger partial charge in [-0.1, -0.05) is 13.8 Å². The number of anilines is 1. The third-order valence-electron chi connectivity index (χ3n) is 2.85. The summed E-state index contributed by atoms with van der Waals surface area (Å²) in [6.07, 6.45) is 1.14. The molecule has 9 heteroatoms. The lowest BCUT2D eigenvalue weighted by Gasteiger charge is -2.30. The molecule has 0 unspecified atom stereocenters. The summed E-state index contributed by atoms with van der Waals surface area (Å²) >= 11 is 0. The van der Waals surface area contributed by atoms with E-state index < -0.39 is 16.2 Å². The van der Waals surface area contributed by atoms with Gasteiger partial charge in [-0.25, -0.2) is 14.1 Å². The van der Waals surface area contributed by atoms with Crippen molar-refractivity contribution in [3.8, 4) is 5.88 Å². The van der Waals surface area contributed by atoms with Crippen LogP contribution in [0.4, 0.5) is 5.69 Å². The molecule has 2 heterocycles. The van der Waals surface area contributed by atoms with E-state index in [1.807, 2.05) is 13.8 Å². The lowest BCUT2D eigenvalue weighted by atomic mass is 10.2. The van der Waals surface area contributed by atoms with Crippen molar-refractivity contribution in [2.24, 2.45) is 5.92 Å². The number of ether oxygens (including phenoxy) is 1. The van der Waals surface area contributed by atoms with Gasteiger partial charge in [0, 0.05) is 12.7 Å². The number of hydrogen-bond acceptors (Lipinski definition) is 5. The molecule has 1 aromatic rings. The number of carboxylic acids is 1. The summed E-state index contributed by atoms with van der Waals surface area (Å²) in [5.41, 5.74) is 0.0423. The molecule has 0 radical (unpaired) electrons. The fraction of sp³-hybridized carbons (Fsp3) is 0.500. The Kier molecular flexibility index (Phi) is 4.33. The summed E-state index contributed by atoms with van der Waals surface area (Å²) in [7, 11) is -3.76. The van der Waals surface area contributed by atoms with Crippen LogP contribution >= 0.6 is 0 Å². The molecule has 2 N–H and O–H groups in total. The second-order valence-electron chi connectivity index (χ2n) is 5.02. The lowest BCUT2D eigenvalue weighted by Crippen LogP contribution is -2.46. The predicted octanol–water partition coefficient (Wildman–Crippen LogP) is 0.469. The highest BCUT2D eigenvalue weighted by Gasteiger charge is 2.30. The second-order valence-corrected chi connectivity index (χ2v) is 6.70. The molecule has 0 amide bonds. The van der Waals surface area contributed by atoms with Gasteiger partial charge in [0.2, 0.25) is 5.88 Å². The van der Waals surface area contributed by atoms with Gasteiger partial charge in [0.1, 0.15) is 12.3 Å². The van der Waals surface area contributed by atoms with E-state index >= 15 is 0 Å². The summed E-state index contributed by atoms with van der Waals surface area (Å²) < 4.78 is 33.5. The normalized spacial score (nSPS) is 14.7. The minimum absolute atomic E-state index is 0.0942. The molecule has 0 spiro atoms. The van der Waals surface area contributed by atoms with Gasteiger partial charge in [0.25, 0.3) is 0 Å². The van der Waals surface area contributed by atoms with Crippen LogP contribution in [0.5, 0.6) is 5.88 Å². The summed E-state index contributed by atoms with van der Waals surface area (Å²) in [5, 5.41) is 8.99. The van der Waals surface area contributed by atoms with Crippen molar-refractivity contribution in [3.63, 3.8) is 0 Å². The number of nitrogens with one attached hydrogen (secondary N) is 1. The molecule has 0 saturated carbocycles. The molecule has 116 valence electrons. The average molecular weight is 315 g/mol. The van der Waals surface area contributed by atoms with Crippen molar-refractivity contribution in [1.29, 1.82) is 0 Å². The zero-order valence-corrected chi connectivity index (χ0v) is 12.6. The third kappa shape index (κ3) is 3.42. The maximum atomic E-state index is 12.3. The minimum atomic E-state index is -3.76. The molecule has 0 bridgehead atoms. The number of aromatic carboxylic acids is 1. The van der Waals surface area contributed by atoms with Gasteiger partial charge in [-0.15, -0.1) is 0 Å². The van der Waals surface area contributed by atoms with Crippen LogP contribution in [0.3, 0.4) is 0 Å². The molecule has 0 atom stereocenters. The molecule has 8 nitrogen and oxygen atoms in total. The number of hydrogen-bond donors (Lipinski definition) is 2. The number of aromatic nitrogens is 1. The monoisotopic (exact) mass is 315 g/mol. The standard InChI is InChI=1S/C12H17N3O5S/c1-8(2)6-14-21(18,19)15-3-4-20-11-10(15)5-9(7-13-11)12(16)17/h5,7-8,14H,3-4,6H2,1-2H3,(H,16,17). The number of carboxylic acid groups (broad SMARTS) is 1. The van der Waals surface area contributed by atoms with Crippen LogP contribution in [-0.2, 0) is 10.2 Å². The molecule has 0 aliphatic carbocycles. The van der Waals surface area contributed by atoms with Gasteiger partial charge in [-0.05, 0) is 12.0 Å². The number of pyridine rings is 1. The number of carbonyl (C=O) groups is 1. The Balaban J connectivity index is 2.36. The second kappa shape index (κ2) is 5.86. The van der Waals surface area contributed by atoms with E-state index in [0.717, 1.165) is 10.5 Å². The van der Waals surface area contributed by atoms with Gasteiger partial charge in [0.05, 0.1) is 12.1 Å². The number of nitrogens with zero attached hydrogens (tertiary/aromatic N) is 2. The first-order chi connectivity index (χ1) is 9.81. The summed E-state index contributed by atoms with van der Waals surface area (Å²) in [4.78, 5) is 14.9. The highest BCUT2D eigenvalue weighted by molar-refractivity contribution is 7.90. The van der Waals surface area contributed by atoms with E-state index in [1.54, 1.807) is 0 Å². The van der Waals surface area contributed by atoms with Crippen molar-refractivity contribution in [3.05, 3.63) is 17.8 Å². The smallest absolute Gasteiger partial charge is 0.337 e. The Hall–Kier alpha value is -1.87. The van der Waals surface area contributed by atoms with Crippen LogP contribution in [0.25, 0.3) is 0 Å². The Bertz CT molecular complexity index is 644. The third-order valence-corrected chi connectivity index (χ3v) is 4.34. The zero-order chi connectivity index (χ0) is 15.6. The molecule has 0 fully saturated rings. The highest BCUT2D eigenvalue weighted by Crippen LogP contribution is 2.31. The lowest BCUT2D eigenvalue weighted by molar-refractivity contribution is 0.0696. The van der Waals surface area contributed by atoms with Crippen molar-refractivity contribution in [2.45, 2.75) is 13.8 Å². The topological polar surface area (TPSA) is 109 Å². The molecule has 1 aromatic heterocycles. The van der Waals surface area contributed by atoms with Crippen LogP contribution in [0.1, 0.15) is 24.2 Å². The highest BCUT2D eigenvalue weighted by atomic mass is 32.2. The SMILES string of the molecule is CC(C)CNS(=O)(=O)N1CCOc2ncc(C(=O)O)cc21. The van der Waals surface area contributed by atoms with Gasteiger partial charge >= 0.3 is 16.2 Å². The summed E-state index contributed by atoms with van der Waals surface area (Å²) in [6.45, 7) is 4.33. The van der Waals surface area contributed by atoms with Gasteiger partial charge in [-0.3, -0.25) is 0 Å². The van der Waals surface area contributed by atoms with Crippen LogP contribution in [0.15, 0.2) is 12.3 Å². The van der Waals surface area contributed by atoms with E-state index in [4.69, 9.17) is 9.84 Å². The summed E-state index contributed by atoms with van der Waals surface area (Å²) in [6, 6.07) is 1.25. The molecular formula is C12H17N3O5S. The number of rotatable bonds is 5. The van der Waals surface area contributed by atoms with E-state index in [2.05, 4.69) is 9.71 Å². The van der Waals surface area contributed by atoms with E-state index in [9.17, 15) is 13.2 Å². The van der Waals surface area contributed by atoms with Crippen LogP contribution in [0.2, 0.25) is 0 Å². The summed E-state index contributed by atoms with van der Waals surface area (Å²) in [5.74, 6) is -0.909. The molecular weight excluding hydrogens is 298 g/mol. The largest absolute Gasteiger partial charge is 0.478 e. The Morgan fingerprint density at radius 2 is 2.29 bits per heavy atom. The fourth-order valence-electron chi connectivity index (χ4n) is 1.79. The number of fused-ring (bicyclic) bond motifs is 1. The predicted molar refractivity (Wildman–Crippen MR) is 75.8 cm³/mol. The van der Waals surface area contributed by atoms with Gasteiger partial charge in [-0.2, -0.15) is 13.1 Å². The Morgan fingerprint density at radius 3 is 2.90 bits per heavy atom. The van der Waals surface area contributed by atoms with Crippen molar-refractivity contribution in [2.75, 3.05) is 24.0 Å². The Morgan fingerprint density at radius 1 is 1.57 bits per heavy atom. The van der Waals surface area contributed by atoms with Crippen molar-refractivity contribution >= 4 is 21.9 Å². The quantitative estimate of drug-likeness (QED) is 0.817. The van der Waals surface area contributed by atoms with Crippen molar-refractivity contribution < 1.29 is 23.1 Å². The average Bonchev–Trinajstić information content (AvgIpc) is 2.44. The zero-order valence-electron chi connectivity index (χ0n) is 11.7. The van der Waals surface area contributed by atoms with Gasteiger partial charge in [0.15, 0.2) is 0 Å². The molecule has 1 aliphatic heterocycles. The first-order valence-electron chi connectivity index (χ1n) is 6.44. The molecule has 2 rings (SSSR count). The maximum Gasteiger partial charge on any atom is 0.337 e. The maximum absolute atomic E-state index is 12.3.